The summed E-state index contributed by atoms with van der Waals surface area (Å²) in [5.74, 6) is 0. The number of hydrogen-bond donors (Lipinski definition) is 2. The average Bonchev–Trinajstić information content (AvgIpc) is 2.97. The third kappa shape index (κ3) is 10.2. The molecule has 10 heteroatoms. The summed E-state index contributed by atoms with van der Waals surface area (Å²) >= 11 is 0. The van der Waals surface area contributed by atoms with Gasteiger partial charge in [0, 0.05) is 0 Å². The maximum atomic E-state index is 12.5. The molecule has 0 aliphatic carbocycles. The van der Waals surface area contributed by atoms with E-state index in [0.717, 1.165) is 16.7 Å². The topological polar surface area (TPSA) is 104 Å². The van der Waals surface area contributed by atoms with E-state index in [1.807, 2.05) is 91.0 Å². The fourth-order valence-electron chi connectivity index (χ4n) is 4.96. The van der Waals surface area contributed by atoms with E-state index >= 15 is 0 Å². The summed E-state index contributed by atoms with van der Waals surface area (Å²) in [6.45, 7) is 11.7. The molecule has 0 bridgehead atoms. The fraction of sp³-hybridized carbons (Fsp3) is 0.471. The van der Waals surface area contributed by atoms with Gasteiger partial charge in [-0.3, -0.25) is 4.57 Å². The standard InChI is InChI=1S/C34H47O8PSi/c1-34(2,3)44(4,5)42-32-30(25-43(35,36)37)41-29(24-38-21-26-15-9-6-10-16-26)31(39-22-27-17-11-7-12-18-27)33(32)40-23-28-19-13-8-14-20-28/h6-20,29-33H,21-25H2,1-5H3,(H2,35,36,37)/t29-,30-,31-,32-,33+/m1/s1. The summed E-state index contributed by atoms with van der Waals surface area (Å²) in [7, 11) is -6.96. The van der Waals surface area contributed by atoms with E-state index in [0.29, 0.717) is 13.2 Å². The summed E-state index contributed by atoms with van der Waals surface area (Å²) in [4.78, 5) is 20.3. The van der Waals surface area contributed by atoms with Crippen LogP contribution in [0, 0.1) is 0 Å². The van der Waals surface area contributed by atoms with Gasteiger partial charge in [0.25, 0.3) is 0 Å². The Morgan fingerprint density at radius 3 is 1.61 bits per heavy atom. The largest absolute Gasteiger partial charge is 0.408 e. The molecule has 5 atom stereocenters. The Morgan fingerprint density at radius 1 is 0.705 bits per heavy atom. The van der Waals surface area contributed by atoms with Crippen LogP contribution in [0.5, 0.6) is 0 Å². The van der Waals surface area contributed by atoms with Gasteiger partial charge in [0.15, 0.2) is 8.32 Å². The highest BCUT2D eigenvalue weighted by molar-refractivity contribution is 7.51. The van der Waals surface area contributed by atoms with Crippen molar-refractivity contribution in [2.24, 2.45) is 0 Å². The Bertz CT molecular complexity index is 1310. The van der Waals surface area contributed by atoms with E-state index in [1.54, 1.807) is 0 Å². The van der Waals surface area contributed by atoms with Gasteiger partial charge in [-0.1, -0.05) is 112 Å². The van der Waals surface area contributed by atoms with Crippen molar-refractivity contribution in [2.75, 3.05) is 12.8 Å². The molecule has 3 aromatic carbocycles. The maximum absolute atomic E-state index is 12.5. The van der Waals surface area contributed by atoms with Crippen LogP contribution in [0.1, 0.15) is 37.5 Å². The molecule has 44 heavy (non-hydrogen) atoms. The van der Waals surface area contributed by atoms with Gasteiger partial charge in [-0.05, 0) is 34.8 Å². The second kappa shape index (κ2) is 15.4. The average molecular weight is 643 g/mol. The summed E-state index contributed by atoms with van der Waals surface area (Å²) in [6, 6.07) is 29.5. The Balaban J connectivity index is 1.70. The van der Waals surface area contributed by atoms with Gasteiger partial charge in [-0.2, -0.15) is 0 Å². The van der Waals surface area contributed by atoms with Crippen molar-refractivity contribution in [3.05, 3.63) is 108 Å². The van der Waals surface area contributed by atoms with Crippen LogP contribution >= 0.6 is 7.60 Å². The molecule has 1 aliphatic rings. The van der Waals surface area contributed by atoms with Crippen LogP contribution in [0.4, 0.5) is 0 Å². The monoisotopic (exact) mass is 642 g/mol. The molecular formula is C34H47O8PSi. The lowest BCUT2D eigenvalue weighted by Crippen LogP contribution is -2.64. The summed E-state index contributed by atoms with van der Waals surface area (Å²) in [5.41, 5.74) is 2.96. The molecular weight excluding hydrogens is 595 g/mol. The molecule has 1 aliphatic heterocycles. The maximum Gasteiger partial charge on any atom is 0.328 e. The van der Waals surface area contributed by atoms with Crippen LogP contribution in [0.3, 0.4) is 0 Å². The molecule has 1 heterocycles. The highest BCUT2D eigenvalue weighted by Gasteiger charge is 2.53. The summed E-state index contributed by atoms with van der Waals surface area (Å²) < 4.78 is 45.3. The van der Waals surface area contributed by atoms with Crippen LogP contribution in [0.25, 0.3) is 0 Å². The lowest BCUT2D eigenvalue weighted by Gasteiger charge is -2.50. The Kier molecular flexibility index (Phi) is 12.2. The van der Waals surface area contributed by atoms with Crippen molar-refractivity contribution in [3.8, 4) is 0 Å². The van der Waals surface area contributed by atoms with E-state index in [2.05, 4.69) is 33.9 Å². The first kappa shape index (κ1) is 34.7. The quantitative estimate of drug-likeness (QED) is 0.148. The third-order valence-corrected chi connectivity index (χ3v) is 13.7. The van der Waals surface area contributed by atoms with Crippen molar-refractivity contribution < 1.29 is 37.7 Å². The Morgan fingerprint density at radius 2 is 1.16 bits per heavy atom. The molecule has 0 saturated carbocycles. The van der Waals surface area contributed by atoms with E-state index in [1.165, 1.54) is 0 Å². The van der Waals surface area contributed by atoms with E-state index < -0.39 is 52.6 Å². The van der Waals surface area contributed by atoms with Crippen LogP contribution in [-0.4, -0.2) is 61.4 Å². The first-order chi connectivity index (χ1) is 20.8. The smallest absolute Gasteiger partial charge is 0.328 e. The zero-order chi connectivity index (χ0) is 31.8. The molecule has 0 amide bonds. The highest BCUT2D eigenvalue weighted by atomic mass is 31.2. The SMILES string of the molecule is CC(C)(C)[Si](C)(C)O[C@H]1[C@@H](OCc2ccccc2)[C@H](OCc2ccccc2)[C@@H](COCc2ccccc2)O[C@@H]1CP(=O)(O)O. The molecule has 1 saturated heterocycles. The zero-order valence-electron chi connectivity index (χ0n) is 26.4. The van der Waals surface area contributed by atoms with Gasteiger partial charge >= 0.3 is 7.60 Å². The second-order valence-corrected chi connectivity index (χ2v) is 19.4. The Hall–Kier alpha value is -2.17. The molecule has 3 aromatic rings. The summed E-state index contributed by atoms with van der Waals surface area (Å²) in [6.07, 6.45) is -4.22. The lowest BCUT2D eigenvalue weighted by atomic mass is 9.95. The van der Waals surface area contributed by atoms with Crippen molar-refractivity contribution in [1.29, 1.82) is 0 Å². The molecule has 0 unspecified atom stereocenters. The van der Waals surface area contributed by atoms with Gasteiger partial charge in [0.1, 0.15) is 24.4 Å². The summed E-state index contributed by atoms with van der Waals surface area (Å²) in [5, 5.41) is -0.167. The molecule has 0 spiro atoms. The number of rotatable bonds is 14. The van der Waals surface area contributed by atoms with Gasteiger partial charge in [-0.25, -0.2) is 0 Å². The van der Waals surface area contributed by atoms with Gasteiger partial charge in [0.05, 0.1) is 38.7 Å². The normalized spacial score (nSPS) is 23.0. The molecule has 8 nitrogen and oxygen atoms in total. The first-order valence-corrected chi connectivity index (χ1v) is 19.8. The van der Waals surface area contributed by atoms with Crippen molar-refractivity contribution in [2.45, 2.75) is 89.2 Å². The molecule has 0 radical (unpaired) electrons. The molecule has 1 fully saturated rings. The van der Waals surface area contributed by atoms with Gasteiger partial charge in [0.2, 0.25) is 0 Å². The molecule has 4 rings (SSSR count). The van der Waals surface area contributed by atoms with Crippen molar-refractivity contribution >= 4 is 15.9 Å². The molecule has 240 valence electrons. The third-order valence-electron chi connectivity index (χ3n) is 8.35. The minimum absolute atomic E-state index is 0.143. The molecule has 2 N–H and O–H groups in total. The minimum atomic E-state index is -4.49. The number of ether oxygens (including phenoxy) is 4. The number of hydrogen-bond acceptors (Lipinski definition) is 6. The minimum Gasteiger partial charge on any atom is -0.408 e. The first-order valence-electron chi connectivity index (χ1n) is 15.1. The second-order valence-electron chi connectivity index (χ2n) is 12.9. The van der Waals surface area contributed by atoms with E-state index in [9.17, 15) is 14.4 Å². The number of benzene rings is 3. The highest BCUT2D eigenvalue weighted by Crippen LogP contribution is 2.44. The zero-order valence-corrected chi connectivity index (χ0v) is 28.3. The van der Waals surface area contributed by atoms with Crippen LogP contribution in [-0.2, 0) is 47.8 Å². The predicted octanol–water partition coefficient (Wildman–Crippen LogP) is 6.71. The van der Waals surface area contributed by atoms with Gasteiger partial charge in [-0.15, -0.1) is 0 Å². The molecule has 0 aromatic heterocycles. The predicted molar refractivity (Wildman–Crippen MR) is 174 cm³/mol. The van der Waals surface area contributed by atoms with Crippen molar-refractivity contribution in [1.82, 2.24) is 0 Å². The Labute approximate surface area is 263 Å². The van der Waals surface area contributed by atoms with E-state index in [-0.39, 0.29) is 18.3 Å². The van der Waals surface area contributed by atoms with Crippen LogP contribution in [0.15, 0.2) is 91.0 Å². The van der Waals surface area contributed by atoms with Gasteiger partial charge < -0.3 is 33.2 Å². The van der Waals surface area contributed by atoms with Crippen LogP contribution < -0.4 is 0 Å². The fourth-order valence-corrected chi connectivity index (χ4v) is 7.04. The van der Waals surface area contributed by atoms with E-state index in [4.69, 9.17) is 23.4 Å². The van der Waals surface area contributed by atoms with Crippen molar-refractivity contribution in [3.63, 3.8) is 0 Å². The lowest BCUT2D eigenvalue weighted by molar-refractivity contribution is -0.253. The van der Waals surface area contributed by atoms with Crippen LogP contribution in [0.2, 0.25) is 18.1 Å².